The van der Waals surface area contributed by atoms with Crippen LogP contribution in [-0.4, -0.2) is 15.7 Å². The smallest absolute Gasteiger partial charge is 0.399 e. The summed E-state index contributed by atoms with van der Waals surface area (Å²) in [5, 5.41) is 6.93. The maximum absolute atomic E-state index is 13.0. The molecule has 3 aliphatic carbocycles. The van der Waals surface area contributed by atoms with Crippen molar-refractivity contribution in [1.29, 1.82) is 0 Å². The predicted molar refractivity (Wildman–Crippen MR) is 105 cm³/mol. The lowest BCUT2D eigenvalue weighted by atomic mass is 9.63. The van der Waals surface area contributed by atoms with E-state index in [1.807, 2.05) is 0 Å². The van der Waals surface area contributed by atoms with Gasteiger partial charge in [-0.2, -0.15) is 18.3 Å². The first kappa shape index (κ1) is 20.4. The fraction of sp³-hybridized carbons (Fsp3) is 0.476. The molecule has 5 rings (SSSR count). The number of fused-ring (bicyclic) bond motifs is 2. The highest BCUT2D eigenvalue weighted by Crippen LogP contribution is 2.50. The van der Waals surface area contributed by atoms with Crippen LogP contribution in [-0.2, 0) is 6.18 Å². The summed E-state index contributed by atoms with van der Waals surface area (Å²) in [4.78, 5) is 25.0. The summed E-state index contributed by atoms with van der Waals surface area (Å²) in [5.41, 5.74) is 4.74. The second-order valence-corrected chi connectivity index (χ2v) is 8.32. The zero-order chi connectivity index (χ0) is 21.6. The molecular weight excluding hydrogens is 397 g/mol. The van der Waals surface area contributed by atoms with E-state index < -0.39 is 23.7 Å². The Balaban J connectivity index is 1.53. The number of alkyl halides is 3. The largest absolute Gasteiger partial charge is 0.416 e. The number of rotatable bonds is 4. The lowest BCUT2D eigenvalue weighted by Gasteiger charge is -2.46. The van der Waals surface area contributed by atoms with Crippen LogP contribution in [0.3, 0.4) is 0 Å². The number of carbonyl (C=O) groups is 1. The van der Waals surface area contributed by atoms with Crippen molar-refractivity contribution in [1.82, 2.24) is 15.1 Å². The topological polar surface area (TPSA) is 90.0 Å². The minimum absolute atomic E-state index is 0.00376. The molecule has 3 fully saturated rings. The van der Waals surface area contributed by atoms with Gasteiger partial charge in [0.15, 0.2) is 0 Å². The zero-order valence-electron chi connectivity index (χ0n) is 16.4. The highest BCUT2D eigenvalue weighted by atomic mass is 19.4. The third-order valence-corrected chi connectivity index (χ3v) is 6.21. The lowest BCUT2D eigenvalue weighted by molar-refractivity contribution is -0.137. The molecule has 2 atom stereocenters. The van der Waals surface area contributed by atoms with Crippen LogP contribution in [0.1, 0.15) is 66.3 Å². The van der Waals surface area contributed by atoms with Gasteiger partial charge in [0, 0.05) is 11.8 Å². The van der Waals surface area contributed by atoms with Crippen molar-refractivity contribution >= 4 is 11.6 Å². The fourth-order valence-electron chi connectivity index (χ4n) is 4.53. The number of nitrogens with zero attached hydrogens (tertiary/aromatic N) is 2. The molecule has 3 saturated carbocycles. The molecular formula is C21H23F3N4O2. The number of nitrogens with two attached hydrogens (primary N) is 1. The average molecular weight is 420 g/mol. The molecule has 6 nitrogen and oxygen atoms in total. The fourth-order valence-corrected chi connectivity index (χ4v) is 4.53. The van der Waals surface area contributed by atoms with Gasteiger partial charge in [-0.3, -0.25) is 9.59 Å². The molecule has 9 heteroatoms. The summed E-state index contributed by atoms with van der Waals surface area (Å²) in [7, 11) is 0. The molecule has 3 aliphatic rings. The highest BCUT2D eigenvalue weighted by Gasteiger charge is 2.41. The van der Waals surface area contributed by atoms with Crippen molar-refractivity contribution in [2.75, 3.05) is 5.73 Å². The van der Waals surface area contributed by atoms with E-state index in [-0.39, 0.29) is 28.5 Å². The summed E-state index contributed by atoms with van der Waals surface area (Å²) in [5.74, 6) is 0.600. The molecule has 2 bridgehead atoms. The summed E-state index contributed by atoms with van der Waals surface area (Å²) in [6, 6.07) is 5.13. The Hall–Kier alpha value is -2.84. The first-order chi connectivity index (χ1) is 14.1. The average Bonchev–Trinajstić information content (AvgIpc) is 2.66. The number of benzene rings is 1. The van der Waals surface area contributed by atoms with Crippen LogP contribution in [0.25, 0.3) is 0 Å². The number of hydrogen-bond donors (Lipinski definition) is 2. The van der Waals surface area contributed by atoms with E-state index >= 15 is 0 Å². The van der Waals surface area contributed by atoms with Gasteiger partial charge in [-0.1, -0.05) is 0 Å². The number of nitrogen functional groups attached to an aromatic ring is 1. The maximum Gasteiger partial charge on any atom is 0.416 e. The second-order valence-electron chi connectivity index (χ2n) is 8.32. The molecule has 1 aromatic heterocycles. The van der Waals surface area contributed by atoms with Crippen LogP contribution in [0.4, 0.5) is 18.9 Å². The SMILES string of the molecule is C[C@@H](NC(=O)c1ccc(=O)n(C2CCC3CC2C3)n1)c1cc(N)cc(C(F)(F)F)c1. The first-order valence-corrected chi connectivity index (χ1v) is 10.00. The number of aromatic nitrogens is 2. The van der Waals surface area contributed by atoms with Crippen molar-refractivity contribution in [2.45, 2.75) is 50.9 Å². The molecule has 2 aromatic rings. The van der Waals surface area contributed by atoms with Gasteiger partial charge in [0.1, 0.15) is 5.69 Å². The van der Waals surface area contributed by atoms with Gasteiger partial charge >= 0.3 is 6.18 Å². The van der Waals surface area contributed by atoms with Crippen molar-refractivity contribution < 1.29 is 18.0 Å². The minimum atomic E-state index is -4.54. The molecule has 30 heavy (non-hydrogen) atoms. The molecule has 0 radical (unpaired) electrons. The first-order valence-electron chi connectivity index (χ1n) is 10.00. The Morgan fingerprint density at radius 2 is 1.97 bits per heavy atom. The number of amides is 1. The molecule has 1 heterocycles. The Labute approximate surface area is 171 Å². The number of carbonyl (C=O) groups excluding carboxylic acids is 1. The second kappa shape index (κ2) is 7.45. The third-order valence-electron chi connectivity index (χ3n) is 6.21. The van der Waals surface area contributed by atoms with Crippen LogP contribution in [0.2, 0.25) is 0 Å². The summed E-state index contributed by atoms with van der Waals surface area (Å²) < 4.78 is 40.5. The van der Waals surface area contributed by atoms with Crippen LogP contribution < -0.4 is 16.6 Å². The van der Waals surface area contributed by atoms with Crippen molar-refractivity contribution in [3.8, 4) is 0 Å². The molecule has 1 amide bonds. The molecule has 0 saturated heterocycles. The minimum Gasteiger partial charge on any atom is -0.399 e. The zero-order valence-corrected chi connectivity index (χ0v) is 16.4. The molecule has 1 aromatic carbocycles. The van der Waals surface area contributed by atoms with Gasteiger partial charge in [-0.15, -0.1) is 0 Å². The number of halogens is 3. The van der Waals surface area contributed by atoms with E-state index in [0.717, 1.165) is 43.7 Å². The lowest BCUT2D eigenvalue weighted by Crippen LogP contribution is -2.42. The van der Waals surface area contributed by atoms with Crippen LogP contribution in [0, 0.1) is 11.8 Å². The van der Waals surface area contributed by atoms with Gasteiger partial charge in [0.05, 0.1) is 17.6 Å². The molecule has 1 unspecified atom stereocenters. The molecule has 3 N–H and O–H groups in total. The van der Waals surface area contributed by atoms with E-state index in [9.17, 15) is 22.8 Å². The Morgan fingerprint density at radius 3 is 2.60 bits per heavy atom. The highest BCUT2D eigenvalue weighted by molar-refractivity contribution is 5.92. The van der Waals surface area contributed by atoms with E-state index in [1.165, 1.54) is 22.9 Å². The summed E-state index contributed by atoms with van der Waals surface area (Å²) in [6.45, 7) is 1.57. The van der Waals surface area contributed by atoms with E-state index in [2.05, 4.69) is 10.4 Å². The molecule has 0 spiro atoms. The molecule has 0 aliphatic heterocycles. The van der Waals surface area contributed by atoms with E-state index in [1.54, 1.807) is 6.92 Å². The van der Waals surface area contributed by atoms with Crippen LogP contribution >= 0.6 is 0 Å². The van der Waals surface area contributed by atoms with Crippen molar-refractivity contribution in [3.05, 3.63) is 57.5 Å². The maximum atomic E-state index is 13.0. The van der Waals surface area contributed by atoms with E-state index in [4.69, 9.17) is 5.73 Å². The quantitative estimate of drug-likeness (QED) is 0.738. The van der Waals surface area contributed by atoms with Crippen LogP contribution in [0.15, 0.2) is 35.1 Å². The van der Waals surface area contributed by atoms with Gasteiger partial charge in [-0.05, 0) is 74.3 Å². The monoisotopic (exact) mass is 420 g/mol. The van der Waals surface area contributed by atoms with Gasteiger partial charge in [0.25, 0.3) is 11.5 Å². The number of hydrogen-bond acceptors (Lipinski definition) is 4. The van der Waals surface area contributed by atoms with Gasteiger partial charge in [0.2, 0.25) is 0 Å². The standard InChI is InChI=1S/C21H23F3N4O2/c1-11(13-8-15(21(22,23)24)10-16(25)9-13)26-20(30)17-3-5-19(29)28(27-17)18-4-2-12-6-14(18)7-12/h3,5,8-12,14,18H,2,4,6-7,25H2,1H3,(H,26,30)/t11-,12?,14?,18?/m1/s1. The number of anilines is 1. The Morgan fingerprint density at radius 1 is 1.23 bits per heavy atom. The van der Waals surface area contributed by atoms with Gasteiger partial charge in [-0.25, -0.2) is 4.68 Å². The summed E-state index contributed by atoms with van der Waals surface area (Å²) in [6.07, 6.45) is -0.440. The van der Waals surface area contributed by atoms with Crippen molar-refractivity contribution in [2.24, 2.45) is 11.8 Å². The Kier molecular flexibility index (Phi) is 5.07. The van der Waals surface area contributed by atoms with Crippen molar-refractivity contribution in [3.63, 3.8) is 0 Å². The summed E-state index contributed by atoms with van der Waals surface area (Å²) >= 11 is 0. The predicted octanol–water partition coefficient (Wildman–Crippen LogP) is 3.70. The Bertz CT molecular complexity index is 1020. The normalized spacial score (nSPS) is 24.1. The third kappa shape index (κ3) is 3.93. The van der Waals surface area contributed by atoms with Crippen LogP contribution in [0.5, 0.6) is 0 Å². The van der Waals surface area contributed by atoms with Gasteiger partial charge < -0.3 is 11.1 Å². The number of nitrogens with one attached hydrogen (secondary N) is 1. The molecule has 160 valence electrons. The van der Waals surface area contributed by atoms with E-state index in [0.29, 0.717) is 5.92 Å².